The van der Waals surface area contributed by atoms with Gasteiger partial charge in [-0.25, -0.2) is 0 Å². The average molecular weight is 194 g/mol. The molecule has 0 aromatic rings. The Hall–Kier alpha value is -1.10. The monoisotopic (exact) mass is 193 g/mol. The maximum absolute atomic E-state index is 8.25. The van der Waals surface area contributed by atoms with Crippen molar-refractivity contribution in [1.82, 2.24) is 0 Å². The second-order valence-electron chi connectivity index (χ2n) is 0.289. The summed E-state index contributed by atoms with van der Waals surface area (Å²) in [5.74, 6) is 0. The van der Waals surface area contributed by atoms with E-state index < -0.39 is 19.4 Å². The van der Waals surface area contributed by atoms with Crippen LogP contribution in [0.1, 0.15) is 0 Å². The molecule has 0 aromatic heterocycles. The second kappa shape index (κ2) is 104. The van der Waals surface area contributed by atoms with Crippen molar-refractivity contribution in [2.24, 2.45) is 0 Å². The van der Waals surface area contributed by atoms with E-state index in [2.05, 4.69) is 0 Å². The van der Waals surface area contributed by atoms with E-state index >= 15 is 0 Å². The molecule has 0 aliphatic carbocycles. The normalized spacial score (nSPS) is 3.60. The van der Waals surface area contributed by atoms with E-state index in [0.717, 1.165) is 0 Å². The van der Waals surface area contributed by atoms with Crippen LogP contribution in [0.25, 0.3) is 0 Å². The average Bonchev–Trinajstić information content (AvgIpc) is 1.70. The number of carbonyl (C=O) groups excluding carboxylic acids is 3. The summed E-state index contributed by atoms with van der Waals surface area (Å²) < 4.78 is 0. The van der Waals surface area contributed by atoms with E-state index in [0.29, 0.717) is 0 Å². The minimum absolute atomic E-state index is 0. The third-order valence-corrected chi connectivity index (χ3v) is 0. The summed E-state index contributed by atoms with van der Waals surface area (Å²) in [5, 5.41) is 24.8. The Bertz CT molecular complexity index is 49.7. The third kappa shape index (κ3) is 200. The molecule has 0 N–H and O–H groups in total. The van der Waals surface area contributed by atoms with Gasteiger partial charge < -0.3 is 29.7 Å². The summed E-state index contributed by atoms with van der Waals surface area (Å²) in [4.78, 5) is 24.8. The van der Waals surface area contributed by atoms with Gasteiger partial charge in [0.25, 0.3) is 0 Å². The maximum atomic E-state index is 8.25. The van der Waals surface area contributed by atoms with Gasteiger partial charge in [-0.2, -0.15) is 0 Å². The zero-order valence-corrected chi connectivity index (χ0v) is 5.49. The fourth-order valence-corrected chi connectivity index (χ4v) is 0. The van der Waals surface area contributed by atoms with Crippen LogP contribution >= 0.6 is 0 Å². The fourth-order valence-electron chi connectivity index (χ4n) is 0. The molecule has 61 valence electrons. The van der Waals surface area contributed by atoms with Crippen LogP contribution in [-0.4, -0.2) is 19.4 Å². The van der Waals surface area contributed by atoms with Crippen molar-refractivity contribution in [3.8, 4) is 0 Å². The first-order chi connectivity index (χ1) is 4.24. The Kier molecular flexibility index (Phi) is 240. The van der Waals surface area contributed by atoms with Crippen LogP contribution in [0.15, 0.2) is 0 Å². The first-order valence-electron chi connectivity index (χ1n) is 1.41. The molecule has 0 bridgehead atoms. The smallest absolute Gasteiger partial charge is 0.554 e. The summed E-state index contributed by atoms with van der Waals surface area (Å²) in [6, 6.07) is 0. The molecular weight excluding hydrogens is 191 g/mol. The Morgan fingerprint density at radius 2 is 0.700 bits per heavy atom. The van der Waals surface area contributed by atoms with Gasteiger partial charge in [0.2, 0.25) is 0 Å². The first-order valence-corrected chi connectivity index (χ1v) is 1.41. The molecule has 0 aliphatic rings. The molecule has 0 saturated heterocycles. The van der Waals surface area contributed by atoms with Crippen molar-refractivity contribution in [3.05, 3.63) is 0 Å². The first kappa shape index (κ1) is 23.1. The quantitative estimate of drug-likeness (QED) is 0.281. The van der Waals surface area contributed by atoms with Crippen LogP contribution in [0.5, 0.6) is 0 Å². The van der Waals surface area contributed by atoms with Crippen molar-refractivity contribution in [3.63, 3.8) is 0 Å². The van der Waals surface area contributed by atoms with Crippen molar-refractivity contribution in [2.75, 3.05) is 0 Å². The zero-order valence-electron chi connectivity index (χ0n) is 4.50. The molecule has 0 unspecified atom stereocenters. The van der Waals surface area contributed by atoms with Gasteiger partial charge >= 0.3 is 16.5 Å². The summed E-state index contributed by atoms with van der Waals surface area (Å²) in [7, 11) is 0. The summed E-state index contributed by atoms with van der Waals surface area (Å²) in [5.41, 5.74) is 0. The minimum atomic E-state index is -0.500. The van der Waals surface area contributed by atoms with Gasteiger partial charge in [0.05, 0.1) is 0 Å². The molecule has 0 amide bonds. The molecule has 0 saturated carbocycles. The maximum Gasteiger partial charge on any atom is 3.00 e. The summed E-state index contributed by atoms with van der Waals surface area (Å²) >= 11 is 0. The predicted octanol–water partition coefficient (Wildman–Crippen LogP) is -4.90. The molecule has 0 spiro atoms. The SMILES string of the molecule is O=C[O-].O=C[O-].O=C[O-].[Ni+3]. The molecular formula is C3H3NiO6. The number of hydrogen-bond donors (Lipinski definition) is 0. The molecule has 0 rings (SSSR count). The fraction of sp³-hybridized carbons (Fsp3) is 0. The van der Waals surface area contributed by atoms with Gasteiger partial charge in [0.15, 0.2) is 0 Å². The predicted molar refractivity (Wildman–Crippen MR) is 18.2 cm³/mol. The standard InChI is InChI=1S/3CH2O2.Ni/c3*2-1-3;/h3*1H,(H,2,3);/q;;;+3/p-3. The number of carbonyl (C=O) groups is 3. The summed E-state index contributed by atoms with van der Waals surface area (Å²) in [6.07, 6.45) is 0. The number of carboxylic acid groups (broad SMARTS) is 3. The van der Waals surface area contributed by atoms with E-state index in [1.165, 1.54) is 0 Å². The van der Waals surface area contributed by atoms with Crippen LogP contribution < -0.4 is 15.3 Å². The molecule has 0 aliphatic heterocycles. The van der Waals surface area contributed by atoms with Gasteiger partial charge in [0, 0.05) is 19.4 Å². The molecule has 0 fully saturated rings. The Labute approximate surface area is 66.4 Å². The van der Waals surface area contributed by atoms with Gasteiger partial charge in [0.1, 0.15) is 0 Å². The topological polar surface area (TPSA) is 120 Å². The van der Waals surface area contributed by atoms with E-state index in [9.17, 15) is 0 Å². The van der Waals surface area contributed by atoms with Crippen LogP contribution in [0, 0.1) is 0 Å². The van der Waals surface area contributed by atoms with Crippen LogP contribution in [0.4, 0.5) is 0 Å². The molecule has 6 nitrogen and oxygen atoms in total. The second-order valence-corrected chi connectivity index (χ2v) is 0.289. The van der Waals surface area contributed by atoms with E-state index in [1.807, 2.05) is 0 Å². The van der Waals surface area contributed by atoms with E-state index in [-0.39, 0.29) is 16.5 Å². The van der Waals surface area contributed by atoms with Gasteiger partial charge in [-0.3, -0.25) is 0 Å². The Morgan fingerprint density at radius 3 is 0.700 bits per heavy atom. The molecule has 10 heavy (non-hydrogen) atoms. The van der Waals surface area contributed by atoms with Gasteiger partial charge in [-0.15, -0.1) is 0 Å². The molecule has 1 radical (unpaired) electrons. The molecule has 7 heteroatoms. The minimum Gasteiger partial charge on any atom is -0.554 e. The molecule has 0 atom stereocenters. The van der Waals surface area contributed by atoms with E-state index in [1.54, 1.807) is 0 Å². The Morgan fingerprint density at radius 1 is 0.700 bits per heavy atom. The van der Waals surface area contributed by atoms with Crippen molar-refractivity contribution < 1.29 is 46.2 Å². The van der Waals surface area contributed by atoms with Crippen LogP contribution in [0.3, 0.4) is 0 Å². The van der Waals surface area contributed by atoms with Crippen molar-refractivity contribution >= 4 is 19.4 Å². The van der Waals surface area contributed by atoms with Gasteiger partial charge in [-0.1, -0.05) is 0 Å². The van der Waals surface area contributed by atoms with Crippen LogP contribution in [-0.2, 0) is 30.9 Å². The number of rotatable bonds is 0. The van der Waals surface area contributed by atoms with Crippen molar-refractivity contribution in [1.29, 1.82) is 0 Å². The molecule has 0 heterocycles. The number of hydrogen-bond acceptors (Lipinski definition) is 6. The third-order valence-electron chi connectivity index (χ3n) is 0. The summed E-state index contributed by atoms with van der Waals surface area (Å²) in [6.45, 7) is -1.50. The zero-order chi connectivity index (χ0) is 8.12. The van der Waals surface area contributed by atoms with Crippen LogP contribution in [0.2, 0.25) is 0 Å². The Balaban J connectivity index is -0.0000000257. The molecule has 0 aromatic carbocycles. The van der Waals surface area contributed by atoms with E-state index in [4.69, 9.17) is 29.7 Å². The van der Waals surface area contributed by atoms with Crippen molar-refractivity contribution in [2.45, 2.75) is 0 Å². The largest absolute Gasteiger partial charge is 3.00 e. The van der Waals surface area contributed by atoms with Gasteiger partial charge in [-0.05, 0) is 0 Å².